The van der Waals surface area contributed by atoms with E-state index in [2.05, 4.69) is 10.2 Å². The summed E-state index contributed by atoms with van der Waals surface area (Å²) in [6.45, 7) is 6.29. The third-order valence-corrected chi connectivity index (χ3v) is 3.39. The number of carbonyl (C=O) groups is 1. The molecule has 1 unspecified atom stereocenters. The van der Waals surface area contributed by atoms with Crippen molar-refractivity contribution in [2.24, 2.45) is 0 Å². The van der Waals surface area contributed by atoms with Crippen molar-refractivity contribution in [2.45, 2.75) is 13.0 Å². The zero-order valence-electron chi connectivity index (χ0n) is 12.4. The largest absolute Gasteiger partial charge is 0.399 e. The number of morpholine rings is 1. The fourth-order valence-corrected chi connectivity index (χ4v) is 2.29. The van der Waals surface area contributed by atoms with Gasteiger partial charge in [-0.25, -0.2) is 0 Å². The molecular weight excluding hydrogens is 266 g/mol. The van der Waals surface area contributed by atoms with E-state index in [9.17, 15) is 4.79 Å². The highest BCUT2D eigenvalue weighted by molar-refractivity contribution is 5.91. The number of ether oxygens (including phenoxy) is 1. The van der Waals surface area contributed by atoms with Crippen LogP contribution >= 0.6 is 0 Å². The van der Waals surface area contributed by atoms with Gasteiger partial charge in [0, 0.05) is 37.4 Å². The van der Waals surface area contributed by atoms with E-state index in [1.165, 1.54) is 0 Å². The van der Waals surface area contributed by atoms with Gasteiger partial charge in [0.1, 0.15) is 0 Å². The molecule has 0 aliphatic carbocycles. The van der Waals surface area contributed by atoms with Crippen molar-refractivity contribution >= 4 is 17.7 Å². The van der Waals surface area contributed by atoms with Crippen molar-refractivity contribution in [2.75, 3.05) is 38.6 Å². The van der Waals surface area contributed by atoms with Crippen molar-refractivity contribution in [1.29, 1.82) is 0 Å². The minimum atomic E-state index is -0.0763. The number of carbonyl (C=O) groups excluding carboxylic acids is 1. The van der Waals surface area contributed by atoms with E-state index in [1.54, 1.807) is 12.2 Å². The highest BCUT2D eigenvalue weighted by Crippen LogP contribution is 2.07. The normalized spacial score (nSPS) is 17.8. The number of amides is 1. The van der Waals surface area contributed by atoms with Crippen LogP contribution in [0.15, 0.2) is 30.3 Å². The van der Waals surface area contributed by atoms with Crippen molar-refractivity contribution in [3.63, 3.8) is 0 Å². The molecule has 0 saturated carbocycles. The monoisotopic (exact) mass is 289 g/mol. The van der Waals surface area contributed by atoms with Crippen LogP contribution in [-0.4, -0.2) is 49.7 Å². The third kappa shape index (κ3) is 5.57. The Bertz CT molecular complexity index is 479. The quantitative estimate of drug-likeness (QED) is 0.629. The zero-order valence-corrected chi connectivity index (χ0v) is 12.4. The van der Waals surface area contributed by atoms with E-state index in [0.29, 0.717) is 0 Å². The minimum absolute atomic E-state index is 0.0763. The molecule has 1 aromatic rings. The van der Waals surface area contributed by atoms with Crippen molar-refractivity contribution in [3.05, 3.63) is 35.9 Å². The number of anilines is 1. The zero-order chi connectivity index (χ0) is 15.1. The summed E-state index contributed by atoms with van der Waals surface area (Å²) in [5.41, 5.74) is 7.30. The molecule has 1 aromatic carbocycles. The SMILES string of the molecule is CC(CN1CCOCC1)NC(=O)/C=C/c1ccc(N)cc1. The molecule has 0 radical (unpaired) electrons. The number of nitrogen functional groups attached to an aromatic ring is 1. The lowest BCUT2D eigenvalue weighted by Gasteiger charge is -2.29. The van der Waals surface area contributed by atoms with Gasteiger partial charge in [-0.15, -0.1) is 0 Å². The number of nitrogens with zero attached hydrogens (tertiary/aromatic N) is 1. The molecule has 1 saturated heterocycles. The second-order valence-electron chi connectivity index (χ2n) is 5.32. The maximum Gasteiger partial charge on any atom is 0.244 e. The predicted octanol–water partition coefficient (Wildman–Crippen LogP) is 1.12. The predicted molar refractivity (Wildman–Crippen MR) is 84.8 cm³/mol. The summed E-state index contributed by atoms with van der Waals surface area (Å²) in [4.78, 5) is 14.2. The topological polar surface area (TPSA) is 67.6 Å². The molecule has 1 aliphatic rings. The molecule has 114 valence electrons. The van der Waals surface area contributed by atoms with Gasteiger partial charge >= 0.3 is 0 Å². The second kappa shape index (κ2) is 7.81. The number of benzene rings is 1. The summed E-state index contributed by atoms with van der Waals surface area (Å²) in [7, 11) is 0. The number of rotatable bonds is 5. The molecular formula is C16H23N3O2. The minimum Gasteiger partial charge on any atom is -0.399 e. The van der Waals surface area contributed by atoms with Crippen LogP contribution in [0.5, 0.6) is 0 Å². The van der Waals surface area contributed by atoms with Crippen LogP contribution in [0.2, 0.25) is 0 Å². The van der Waals surface area contributed by atoms with Crippen molar-refractivity contribution in [1.82, 2.24) is 10.2 Å². The van der Waals surface area contributed by atoms with E-state index in [1.807, 2.05) is 31.2 Å². The molecule has 5 nitrogen and oxygen atoms in total. The maximum atomic E-state index is 11.9. The first-order valence-electron chi connectivity index (χ1n) is 7.28. The van der Waals surface area contributed by atoms with Crippen LogP contribution in [0.1, 0.15) is 12.5 Å². The molecule has 1 atom stereocenters. The van der Waals surface area contributed by atoms with Gasteiger partial charge in [0.15, 0.2) is 0 Å². The smallest absolute Gasteiger partial charge is 0.244 e. The molecule has 21 heavy (non-hydrogen) atoms. The van der Waals surface area contributed by atoms with E-state index >= 15 is 0 Å². The molecule has 3 N–H and O–H groups in total. The van der Waals surface area contributed by atoms with Crippen LogP contribution in [0.4, 0.5) is 5.69 Å². The lowest BCUT2D eigenvalue weighted by atomic mass is 10.2. The maximum absolute atomic E-state index is 11.9. The molecule has 1 heterocycles. The molecule has 0 bridgehead atoms. The van der Waals surface area contributed by atoms with E-state index < -0.39 is 0 Å². The fourth-order valence-electron chi connectivity index (χ4n) is 2.29. The molecule has 0 spiro atoms. The molecule has 1 fully saturated rings. The average molecular weight is 289 g/mol. The van der Waals surface area contributed by atoms with Gasteiger partial charge in [-0.05, 0) is 30.7 Å². The highest BCUT2D eigenvalue weighted by Gasteiger charge is 2.14. The summed E-state index contributed by atoms with van der Waals surface area (Å²) < 4.78 is 5.31. The average Bonchev–Trinajstić information content (AvgIpc) is 2.47. The Hall–Kier alpha value is -1.85. The van der Waals surface area contributed by atoms with Gasteiger partial charge in [0.05, 0.1) is 13.2 Å². The number of hydrogen-bond acceptors (Lipinski definition) is 4. The first-order valence-corrected chi connectivity index (χ1v) is 7.28. The molecule has 1 aliphatic heterocycles. The molecule has 5 heteroatoms. The van der Waals surface area contributed by atoms with Crippen molar-refractivity contribution in [3.8, 4) is 0 Å². The number of nitrogens with one attached hydrogen (secondary N) is 1. The van der Waals surface area contributed by atoms with Crippen LogP contribution in [0.25, 0.3) is 6.08 Å². The van der Waals surface area contributed by atoms with Crippen molar-refractivity contribution < 1.29 is 9.53 Å². The Balaban J connectivity index is 1.76. The van der Waals surface area contributed by atoms with Gasteiger partial charge in [0.25, 0.3) is 0 Å². The summed E-state index contributed by atoms with van der Waals surface area (Å²) in [5.74, 6) is -0.0763. The first-order chi connectivity index (χ1) is 10.1. The Labute approximate surface area is 125 Å². The van der Waals surface area contributed by atoms with E-state index in [-0.39, 0.29) is 11.9 Å². The Morgan fingerprint density at radius 3 is 2.71 bits per heavy atom. The Morgan fingerprint density at radius 1 is 1.38 bits per heavy atom. The molecule has 2 rings (SSSR count). The highest BCUT2D eigenvalue weighted by atomic mass is 16.5. The number of nitrogens with two attached hydrogens (primary N) is 1. The fraction of sp³-hybridized carbons (Fsp3) is 0.438. The lowest BCUT2D eigenvalue weighted by molar-refractivity contribution is -0.117. The summed E-state index contributed by atoms with van der Waals surface area (Å²) >= 11 is 0. The van der Waals surface area contributed by atoms with Crippen LogP contribution in [-0.2, 0) is 9.53 Å². The summed E-state index contributed by atoms with van der Waals surface area (Å²) in [6.07, 6.45) is 3.34. The van der Waals surface area contributed by atoms with Gasteiger partial charge in [-0.2, -0.15) is 0 Å². The van der Waals surface area contributed by atoms with Crippen LogP contribution in [0, 0.1) is 0 Å². The Morgan fingerprint density at radius 2 is 2.05 bits per heavy atom. The first kappa shape index (κ1) is 15.5. The van der Waals surface area contributed by atoms with Gasteiger partial charge in [0.2, 0.25) is 5.91 Å². The molecule has 0 aromatic heterocycles. The van der Waals surface area contributed by atoms with Crippen LogP contribution in [0.3, 0.4) is 0 Å². The van der Waals surface area contributed by atoms with Crippen LogP contribution < -0.4 is 11.1 Å². The van der Waals surface area contributed by atoms with E-state index in [4.69, 9.17) is 10.5 Å². The summed E-state index contributed by atoms with van der Waals surface area (Å²) in [5, 5.41) is 2.98. The summed E-state index contributed by atoms with van der Waals surface area (Å²) in [6, 6.07) is 7.52. The van der Waals surface area contributed by atoms with Gasteiger partial charge in [-0.3, -0.25) is 9.69 Å². The van der Waals surface area contributed by atoms with Gasteiger partial charge < -0.3 is 15.8 Å². The standard InChI is InChI=1S/C16H23N3O2/c1-13(12-19-8-10-21-11-9-19)18-16(20)7-4-14-2-5-15(17)6-3-14/h2-7,13H,8-12,17H2,1H3,(H,18,20)/b7-4+. The van der Waals surface area contributed by atoms with E-state index in [0.717, 1.165) is 44.1 Å². The number of hydrogen-bond donors (Lipinski definition) is 2. The van der Waals surface area contributed by atoms with Gasteiger partial charge in [-0.1, -0.05) is 12.1 Å². The second-order valence-corrected chi connectivity index (χ2v) is 5.32. The molecule has 1 amide bonds. The lowest BCUT2D eigenvalue weighted by Crippen LogP contribution is -2.45. The Kier molecular flexibility index (Phi) is 5.78. The third-order valence-electron chi connectivity index (χ3n) is 3.39.